The molecule has 0 aliphatic heterocycles. The van der Waals surface area contributed by atoms with Crippen LogP contribution in [0.1, 0.15) is 11.1 Å². The molecule has 0 atom stereocenters. The fourth-order valence-electron chi connectivity index (χ4n) is 2.07. The van der Waals surface area contributed by atoms with Crippen molar-refractivity contribution in [1.29, 1.82) is 0 Å². The molecule has 0 saturated carbocycles. The molecule has 0 aromatic heterocycles. The minimum atomic E-state index is 0.249. The van der Waals surface area contributed by atoms with E-state index in [0.29, 0.717) is 30.3 Å². The number of hydrogen-bond donors (Lipinski definition) is 1. The van der Waals surface area contributed by atoms with Crippen molar-refractivity contribution in [1.82, 2.24) is 0 Å². The van der Waals surface area contributed by atoms with Gasteiger partial charge >= 0.3 is 0 Å². The zero-order chi connectivity index (χ0) is 16.8. The Balaban J connectivity index is 2.05. The molecule has 122 valence electrons. The molecule has 0 fully saturated rings. The summed E-state index contributed by atoms with van der Waals surface area (Å²) in [6.45, 7) is 2.75. The number of aryl methyl sites for hydroxylation is 1. The summed E-state index contributed by atoms with van der Waals surface area (Å²) in [6.07, 6.45) is 0. The van der Waals surface area contributed by atoms with Crippen LogP contribution in [-0.2, 0) is 0 Å². The van der Waals surface area contributed by atoms with Gasteiger partial charge in [0, 0.05) is 4.47 Å². The van der Waals surface area contributed by atoms with Gasteiger partial charge in [-0.3, -0.25) is 0 Å². The monoisotopic (exact) mass is 395 g/mol. The Morgan fingerprint density at radius 1 is 1.13 bits per heavy atom. The van der Waals surface area contributed by atoms with Gasteiger partial charge in [-0.2, -0.15) is 0 Å². The fraction of sp³-hybridized carbons (Fsp3) is 0.235. The summed E-state index contributed by atoms with van der Waals surface area (Å²) in [7, 11) is 1.57. The smallest absolute Gasteiger partial charge is 0.171 e. The molecule has 0 aliphatic carbocycles. The Hall–Kier alpha value is -1.79. The molecule has 23 heavy (non-hydrogen) atoms. The Kier molecular flexibility index (Phi) is 6.24. The third-order valence-corrected chi connectivity index (χ3v) is 3.86. The van der Waals surface area contributed by atoms with E-state index in [1.807, 2.05) is 37.3 Å². The standard InChI is InChI=1S/C17H18BrNO3S/c1-11-5-3-4-6-14(11)21-7-8-22-16-13(17(19)23)9-12(18)10-15(16)20-2/h3-6,9-10H,7-8H2,1-2H3,(H2,19,23). The number of methoxy groups -OCH3 is 1. The molecule has 0 bridgehead atoms. The number of benzene rings is 2. The van der Waals surface area contributed by atoms with Crippen molar-refractivity contribution in [2.75, 3.05) is 20.3 Å². The van der Waals surface area contributed by atoms with Crippen molar-refractivity contribution >= 4 is 33.1 Å². The van der Waals surface area contributed by atoms with Crippen LogP contribution >= 0.6 is 28.1 Å². The average Bonchev–Trinajstić information content (AvgIpc) is 2.53. The van der Waals surface area contributed by atoms with E-state index < -0.39 is 0 Å². The largest absolute Gasteiger partial charge is 0.493 e. The van der Waals surface area contributed by atoms with Gasteiger partial charge in [-0.1, -0.05) is 46.3 Å². The summed E-state index contributed by atoms with van der Waals surface area (Å²) >= 11 is 8.48. The van der Waals surface area contributed by atoms with E-state index in [9.17, 15) is 0 Å². The number of nitrogens with two attached hydrogens (primary N) is 1. The van der Waals surface area contributed by atoms with Crippen LogP contribution in [0.25, 0.3) is 0 Å². The van der Waals surface area contributed by atoms with Gasteiger partial charge in [-0.15, -0.1) is 0 Å². The van der Waals surface area contributed by atoms with E-state index in [4.69, 9.17) is 32.2 Å². The summed E-state index contributed by atoms with van der Waals surface area (Å²) in [5, 5.41) is 0. The molecule has 0 amide bonds. The molecule has 2 aromatic carbocycles. The molecule has 0 aliphatic rings. The van der Waals surface area contributed by atoms with E-state index in [0.717, 1.165) is 15.8 Å². The predicted octanol–water partition coefficient (Wildman–Crippen LogP) is 3.86. The third-order valence-electron chi connectivity index (χ3n) is 3.19. The first kappa shape index (κ1) is 17.6. The fourth-order valence-corrected chi connectivity index (χ4v) is 2.65. The topological polar surface area (TPSA) is 53.7 Å². The van der Waals surface area contributed by atoms with Gasteiger partial charge in [-0.25, -0.2) is 0 Å². The highest BCUT2D eigenvalue weighted by molar-refractivity contribution is 9.10. The SMILES string of the molecule is COc1cc(Br)cc(C(N)=S)c1OCCOc1ccccc1C. The van der Waals surface area contributed by atoms with E-state index in [2.05, 4.69) is 15.9 Å². The van der Waals surface area contributed by atoms with E-state index in [1.165, 1.54) is 0 Å². The highest BCUT2D eigenvalue weighted by Gasteiger charge is 2.15. The first-order valence-electron chi connectivity index (χ1n) is 7.01. The molecule has 4 nitrogen and oxygen atoms in total. The lowest BCUT2D eigenvalue weighted by Gasteiger charge is -2.16. The van der Waals surface area contributed by atoms with Gasteiger partial charge in [0.05, 0.1) is 12.7 Å². The zero-order valence-corrected chi connectivity index (χ0v) is 15.4. The van der Waals surface area contributed by atoms with Gasteiger partial charge in [0.2, 0.25) is 0 Å². The second kappa shape index (κ2) is 8.17. The van der Waals surface area contributed by atoms with Crippen LogP contribution in [0.4, 0.5) is 0 Å². The quantitative estimate of drug-likeness (QED) is 0.569. The van der Waals surface area contributed by atoms with Crippen LogP contribution in [-0.4, -0.2) is 25.3 Å². The second-order valence-corrected chi connectivity index (χ2v) is 6.17. The molecule has 0 radical (unpaired) electrons. The van der Waals surface area contributed by atoms with E-state index in [-0.39, 0.29) is 4.99 Å². The first-order chi connectivity index (χ1) is 11.0. The van der Waals surface area contributed by atoms with Gasteiger partial charge in [0.1, 0.15) is 24.0 Å². The number of halogens is 1. The Labute approximate surface area is 149 Å². The van der Waals surface area contributed by atoms with Crippen LogP contribution in [0.2, 0.25) is 0 Å². The minimum Gasteiger partial charge on any atom is -0.493 e. The maximum Gasteiger partial charge on any atom is 0.171 e. The van der Waals surface area contributed by atoms with Crippen LogP contribution in [0.15, 0.2) is 40.9 Å². The molecular weight excluding hydrogens is 378 g/mol. The Bertz CT molecular complexity index is 706. The second-order valence-electron chi connectivity index (χ2n) is 4.81. The molecule has 2 rings (SSSR count). The van der Waals surface area contributed by atoms with Gasteiger partial charge in [0.15, 0.2) is 11.5 Å². The molecular formula is C17H18BrNO3S. The lowest BCUT2D eigenvalue weighted by molar-refractivity contribution is 0.210. The van der Waals surface area contributed by atoms with Gasteiger partial charge in [0.25, 0.3) is 0 Å². The Morgan fingerprint density at radius 2 is 1.83 bits per heavy atom. The minimum absolute atomic E-state index is 0.249. The number of hydrogen-bond acceptors (Lipinski definition) is 4. The lowest BCUT2D eigenvalue weighted by Crippen LogP contribution is -2.15. The lowest BCUT2D eigenvalue weighted by atomic mass is 10.2. The van der Waals surface area contributed by atoms with Crippen LogP contribution in [0.3, 0.4) is 0 Å². The summed E-state index contributed by atoms with van der Waals surface area (Å²) < 4.78 is 17.7. The normalized spacial score (nSPS) is 10.2. The summed E-state index contributed by atoms with van der Waals surface area (Å²) in [4.78, 5) is 0.249. The molecule has 6 heteroatoms. The van der Waals surface area contributed by atoms with Gasteiger partial charge < -0.3 is 19.9 Å². The van der Waals surface area contributed by atoms with Gasteiger partial charge in [-0.05, 0) is 30.7 Å². The van der Waals surface area contributed by atoms with Crippen molar-refractivity contribution in [3.8, 4) is 17.2 Å². The number of ether oxygens (including phenoxy) is 3. The molecule has 2 aromatic rings. The zero-order valence-electron chi connectivity index (χ0n) is 13.0. The van der Waals surface area contributed by atoms with E-state index >= 15 is 0 Å². The highest BCUT2D eigenvalue weighted by atomic mass is 79.9. The molecule has 2 N–H and O–H groups in total. The summed E-state index contributed by atoms with van der Waals surface area (Å²) in [5.74, 6) is 1.93. The number of thiocarbonyl (C=S) groups is 1. The highest BCUT2D eigenvalue weighted by Crippen LogP contribution is 2.34. The van der Waals surface area contributed by atoms with Crippen molar-refractivity contribution in [3.05, 3.63) is 52.0 Å². The van der Waals surface area contributed by atoms with Crippen LogP contribution in [0.5, 0.6) is 17.2 Å². The molecule has 0 heterocycles. The van der Waals surface area contributed by atoms with Crippen molar-refractivity contribution in [2.24, 2.45) is 5.73 Å². The molecule has 0 unspecified atom stereocenters. The number of rotatable bonds is 7. The number of para-hydroxylation sites is 1. The van der Waals surface area contributed by atoms with Crippen molar-refractivity contribution in [3.63, 3.8) is 0 Å². The predicted molar refractivity (Wildman–Crippen MR) is 98.8 cm³/mol. The molecule has 0 saturated heterocycles. The van der Waals surface area contributed by atoms with E-state index in [1.54, 1.807) is 13.2 Å². The van der Waals surface area contributed by atoms with Crippen molar-refractivity contribution < 1.29 is 14.2 Å². The maximum atomic E-state index is 5.80. The van der Waals surface area contributed by atoms with Crippen molar-refractivity contribution in [2.45, 2.75) is 6.92 Å². The summed E-state index contributed by atoms with van der Waals surface area (Å²) in [5.41, 5.74) is 7.47. The third kappa shape index (κ3) is 4.59. The maximum absolute atomic E-state index is 5.80. The van der Waals surface area contributed by atoms with Crippen LogP contribution in [0, 0.1) is 6.92 Å². The van der Waals surface area contributed by atoms with Crippen LogP contribution < -0.4 is 19.9 Å². The molecule has 0 spiro atoms. The average molecular weight is 396 g/mol. The first-order valence-corrected chi connectivity index (χ1v) is 8.21. The summed E-state index contributed by atoms with van der Waals surface area (Å²) in [6, 6.07) is 11.4. The Morgan fingerprint density at radius 3 is 2.48 bits per heavy atom.